The molecule has 0 aliphatic heterocycles. The summed E-state index contributed by atoms with van der Waals surface area (Å²) in [5.74, 6) is 0.416. The molecular formula is C15H23NO. The van der Waals surface area contributed by atoms with E-state index in [1.807, 2.05) is 30.3 Å². The molecule has 2 N–H and O–H groups in total. The molecule has 2 heteroatoms. The monoisotopic (exact) mass is 233 g/mol. The molecule has 0 heterocycles. The topological polar surface area (TPSA) is 32.3 Å². The summed E-state index contributed by atoms with van der Waals surface area (Å²) in [6.07, 6.45) is 2.27. The Balaban J connectivity index is 2.16. The molecule has 1 aliphatic carbocycles. The highest BCUT2D eigenvalue weighted by Gasteiger charge is 2.45. The standard InChI is InChI=1S/C15H23NO/c1-14(2,3)16-11-15(17,13-9-10-13)12-7-5-4-6-8-12/h4-8,13,16-17H,9-11H2,1-3H3. The van der Waals surface area contributed by atoms with Crippen LogP contribution in [-0.4, -0.2) is 17.2 Å². The van der Waals surface area contributed by atoms with Gasteiger partial charge in [0.05, 0.1) is 0 Å². The van der Waals surface area contributed by atoms with E-state index in [0.29, 0.717) is 12.5 Å². The number of rotatable bonds is 4. The molecule has 1 aliphatic rings. The Morgan fingerprint density at radius 1 is 1.18 bits per heavy atom. The molecule has 1 saturated carbocycles. The first-order valence-electron chi connectivity index (χ1n) is 6.45. The molecule has 94 valence electrons. The van der Waals surface area contributed by atoms with Crippen LogP contribution in [0.15, 0.2) is 30.3 Å². The van der Waals surface area contributed by atoms with E-state index in [1.54, 1.807) is 0 Å². The van der Waals surface area contributed by atoms with E-state index in [4.69, 9.17) is 0 Å². The molecule has 1 atom stereocenters. The summed E-state index contributed by atoms with van der Waals surface area (Å²) in [5, 5.41) is 14.4. The number of benzene rings is 1. The lowest BCUT2D eigenvalue weighted by Gasteiger charge is -2.33. The predicted molar refractivity (Wildman–Crippen MR) is 70.8 cm³/mol. The highest BCUT2D eigenvalue weighted by atomic mass is 16.3. The van der Waals surface area contributed by atoms with Crippen molar-refractivity contribution in [1.82, 2.24) is 5.32 Å². The Hall–Kier alpha value is -0.860. The van der Waals surface area contributed by atoms with E-state index in [9.17, 15) is 5.11 Å². The third kappa shape index (κ3) is 3.08. The van der Waals surface area contributed by atoms with Gasteiger partial charge in [0.2, 0.25) is 0 Å². The SMILES string of the molecule is CC(C)(C)NCC(O)(c1ccccc1)C1CC1. The summed E-state index contributed by atoms with van der Waals surface area (Å²) in [4.78, 5) is 0. The highest BCUT2D eigenvalue weighted by molar-refractivity contribution is 5.25. The molecular weight excluding hydrogens is 210 g/mol. The minimum absolute atomic E-state index is 0.0393. The van der Waals surface area contributed by atoms with Crippen molar-refractivity contribution in [2.75, 3.05) is 6.54 Å². The molecule has 1 unspecified atom stereocenters. The summed E-state index contributed by atoms with van der Waals surface area (Å²) < 4.78 is 0. The number of hydrogen-bond donors (Lipinski definition) is 2. The van der Waals surface area contributed by atoms with Gasteiger partial charge in [-0.3, -0.25) is 0 Å². The van der Waals surface area contributed by atoms with Gasteiger partial charge in [-0.25, -0.2) is 0 Å². The van der Waals surface area contributed by atoms with E-state index in [0.717, 1.165) is 18.4 Å². The molecule has 17 heavy (non-hydrogen) atoms. The van der Waals surface area contributed by atoms with E-state index >= 15 is 0 Å². The molecule has 2 rings (SSSR count). The first-order chi connectivity index (χ1) is 7.92. The van der Waals surface area contributed by atoms with Crippen molar-refractivity contribution in [1.29, 1.82) is 0 Å². The van der Waals surface area contributed by atoms with Crippen molar-refractivity contribution >= 4 is 0 Å². The zero-order valence-corrected chi connectivity index (χ0v) is 11.0. The van der Waals surface area contributed by atoms with Crippen LogP contribution >= 0.6 is 0 Å². The second kappa shape index (κ2) is 4.43. The average molecular weight is 233 g/mol. The molecule has 0 radical (unpaired) electrons. The number of aliphatic hydroxyl groups is 1. The zero-order valence-electron chi connectivity index (χ0n) is 11.0. The Morgan fingerprint density at radius 3 is 2.24 bits per heavy atom. The fourth-order valence-electron chi connectivity index (χ4n) is 2.17. The van der Waals surface area contributed by atoms with Crippen molar-refractivity contribution in [3.63, 3.8) is 0 Å². The first-order valence-corrected chi connectivity index (χ1v) is 6.45. The maximum atomic E-state index is 10.9. The summed E-state index contributed by atoms with van der Waals surface area (Å²) in [5.41, 5.74) is 0.380. The molecule has 0 aromatic heterocycles. The van der Waals surface area contributed by atoms with E-state index < -0.39 is 5.60 Å². The van der Waals surface area contributed by atoms with Crippen LogP contribution in [0.5, 0.6) is 0 Å². The van der Waals surface area contributed by atoms with Gasteiger partial charge in [-0.1, -0.05) is 30.3 Å². The highest BCUT2D eigenvalue weighted by Crippen LogP contribution is 2.45. The number of nitrogens with one attached hydrogen (secondary N) is 1. The van der Waals surface area contributed by atoms with Crippen molar-refractivity contribution < 1.29 is 5.11 Å². The molecule has 0 spiro atoms. The van der Waals surface area contributed by atoms with E-state index in [1.165, 1.54) is 0 Å². The van der Waals surface area contributed by atoms with Crippen LogP contribution in [0.4, 0.5) is 0 Å². The van der Waals surface area contributed by atoms with Crippen LogP contribution in [0.1, 0.15) is 39.2 Å². The molecule has 0 bridgehead atoms. The minimum atomic E-state index is -0.700. The van der Waals surface area contributed by atoms with Gasteiger partial charge in [-0.05, 0) is 45.1 Å². The molecule has 1 fully saturated rings. The third-order valence-electron chi connectivity index (χ3n) is 3.41. The number of β-amino-alcohol motifs (C(OH)–C–C–N with tert-alkyl or cyclic N) is 1. The predicted octanol–water partition coefficient (Wildman–Crippen LogP) is 2.67. The van der Waals surface area contributed by atoms with Crippen LogP contribution in [0.3, 0.4) is 0 Å². The van der Waals surface area contributed by atoms with Crippen molar-refractivity contribution in [2.45, 2.75) is 44.8 Å². The van der Waals surface area contributed by atoms with Crippen molar-refractivity contribution in [2.24, 2.45) is 5.92 Å². The lowest BCUT2D eigenvalue weighted by molar-refractivity contribution is 0.00799. The van der Waals surface area contributed by atoms with Gasteiger partial charge in [0, 0.05) is 12.1 Å². The van der Waals surface area contributed by atoms with Crippen molar-refractivity contribution in [3.8, 4) is 0 Å². The van der Waals surface area contributed by atoms with Crippen LogP contribution < -0.4 is 5.32 Å². The summed E-state index contributed by atoms with van der Waals surface area (Å²) >= 11 is 0. The zero-order chi connectivity index (χ0) is 12.5. The maximum Gasteiger partial charge on any atom is 0.105 e. The summed E-state index contributed by atoms with van der Waals surface area (Å²) in [6, 6.07) is 10.1. The van der Waals surface area contributed by atoms with Gasteiger partial charge in [0.1, 0.15) is 5.60 Å². The fraction of sp³-hybridized carbons (Fsp3) is 0.600. The largest absolute Gasteiger partial charge is 0.384 e. The van der Waals surface area contributed by atoms with Gasteiger partial charge in [-0.2, -0.15) is 0 Å². The number of hydrogen-bond acceptors (Lipinski definition) is 2. The molecule has 1 aromatic rings. The Bertz CT molecular complexity index is 364. The summed E-state index contributed by atoms with van der Waals surface area (Å²) in [6.45, 7) is 7.02. The van der Waals surface area contributed by atoms with Crippen LogP contribution in [0.2, 0.25) is 0 Å². The van der Waals surface area contributed by atoms with Crippen LogP contribution in [0.25, 0.3) is 0 Å². The van der Waals surface area contributed by atoms with Gasteiger partial charge >= 0.3 is 0 Å². The smallest absolute Gasteiger partial charge is 0.105 e. The molecule has 0 amide bonds. The van der Waals surface area contributed by atoms with E-state index in [2.05, 4.69) is 26.1 Å². The van der Waals surface area contributed by atoms with Gasteiger partial charge in [-0.15, -0.1) is 0 Å². The van der Waals surface area contributed by atoms with Crippen LogP contribution in [-0.2, 0) is 5.60 Å². The Morgan fingerprint density at radius 2 is 1.76 bits per heavy atom. The molecule has 2 nitrogen and oxygen atoms in total. The average Bonchev–Trinajstić information content (AvgIpc) is 3.10. The normalized spacial score (nSPS) is 20.0. The maximum absolute atomic E-state index is 10.9. The van der Waals surface area contributed by atoms with Gasteiger partial charge in [0.15, 0.2) is 0 Å². The van der Waals surface area contributed by atoms with Gasteiger partial charge in [0.25, 0.3) is 0 Å². The first kappa shape index (κ1) is 12.6. The minimum Gasteiger partial charge on any atom is -0.384 e. The third-order valence-corrected chi connectivity index (χ3v) is 3.41. The Labute approximate surface area is 104 Å². The fourth-order valence-corrected chi connectivity index (χ4v) is 2.17. The molecule has 1 aromatic carbocycles. The van der Waals surface area contributed by atoms with Gasteiger partial charge < -0.3 is 10.4 Å². The van der Waals surface area contributed by atoms with Crippen molar-refractivity contribution in [3.05, 3.63) is 35.9 Å². The van der Waals surface area contributed by atoms with E-state index in [-0.39, 0.29) is 5.54 Å². The quantitative estimate of drug-likeness (QED) is 0.838. The lowest BCUT2D eigenvalue weighted by atomic mass is 9.88. The second-order valence-corrected chi connectivity index (χ2v) is 6.17. The second-order valence-electron chi connectivity index (χ2n) is 6.17. The lowest BCUT2D eigenvalue weighted by Crippen LogP contribution is -2.47. The summed E-state index contributed by atoms with van der Waals surface area (Å²) in [7, 11) is 0. The van der Waals surface area contributed by atoms with Crippen LogP contribution in [0, 0.1) is 5.92 Å². The molecule has 0 saturated heterocycles. The Kier molecular flexibility index (Phi) is 3.28.